The lowest BCUT2D eigenvalue weighted by Crippen LogP contribution is -2.14. The number of anilines is 1. The van der Waals surface area contributed by atoms with Crippen molar-refractivity contribution in [2.45, 2.75) is 6.92 Å². The van der Waals surface area contributed by atoms with E-state index < -0.39 is 0 Å². The maximum absolute atomic E-state index is 13.1. The van der Waals surface area contributed by atoms with E-state index >= 15 is 0 Å². The summed E-state index contributed by atoms with van der Waals surface area (Å²) in [4.78, 5) is 17.9. The maximum atomic E-state index is 13.1. The van der Waals surface area contributed by atoms with Crippen molar-refractivity contribution in [2.24, 2.45) is 0 Å². The van der Waals surface area contributed by atoms with E-state index in [0.717, 1.165) is 21.3 Å². The van der Waals surface area contributed by atoms with Crippen LogP contribution in [-0.4, -0.2) is 15.3 Å². The van der Waals surface area contributed by atoms with Gasteiger partial charge in [-0.1, -0.05) is 15.9 Å². The third-order valence-corrected chi connectivity index (χ3v) is 5.35. The zero-order valence-corrected chi connectivity index (χ0v) is 16.1. The SMILES string of the molecule is Cc1cc(Br)ccc1NC(=O)c1csc2nc(-c3ccc(F)cc3)cn12. The molecule has 0 unspecified atom stereocenters. The van der Waals surface area contributed by atoms with Gasteiger partial charge in [-0.3, -0.25) is 9.20 Å². The molecule has 0 aliphatic heterocycles. The smallest absolute Gasteiger partial charge is 0.273 e. The Kier molecular flexibility index (Phi) is 4.34. The minimum absolute atomic E-state index is 0.204. The Morgan fingerprint density at radius 3 is 2.73 bits per heavy atom. The highest BCUT2D eigenvalue weighted by Crippen LogP contribution is 2.25. The number of amides is 1. The molecular formula is C19H13BrFN3OS. The molecule has 26 heavy (non-hydrogen) atoms. The van der Waals surface area contributed by atoms with Crippen molar-refractivity contribution in [2.75, 3.05) is 5.32 Å². The van der Waals surface area contributed by atoms with E-state index in [1.165, 1.54) is 23.5 Å². The Morgan fingerprint density at radius 2 is 2.00 bits per heavy atom. The number of rotatable bonds is 3. The summed E-state index contributed by atoms with van der Waals surface area (Å²) in [7, 11) is 0. The van der Waals surface area contributed by atoms with E-state index in [-0.39, 0.29) is 11.7 Å². The number of nitrogens with zero attached hydrogens (tertiary/aromatic N) is 2. The first kappa shape index (κ1) is 16.9. The van der Waals surface area contributed by atoms with Crippen LogP contribution in [0.1, 0.15) is 16.1 Å². The van der Waals surface area contributed by atoms with Crippen LogP contribution in [-0.2, 0) is 0 Å². The molecule has 2 aromatic carbocycles. The van der Waals surface area contributed by atoms with Gasteiger partial charge in [-0.25, -0.2) is 9.37 Å². The van der Waals surface area contributed by atoms with Gasteiger partial charge in [0, 0.05) is 27.3 Å². The van der Waals surface area contributed by atoms with Crippen LogP contribution in [0.2, 0.25) is 0 Å². The van der Waals surface area contributed by atoms with E-state index in [1.807, 2.05) is 25.1 Å². The Bertz CT molecular complexity index is 1120. The molecule has 130 valence electrons. The number of benzene rings is 2. The minimum Gasteiger partial charge on any atom is -0.320 e. The summed E-state index contributed by atoms with van der Waals surface area (Å²) in [5.74, 6) is -0.496. The number of halogens is 2. The monoisotopic (exact) mass is 429 g/mol. The van der Waals surface area contributed by atoms with Crippen LogP contribution in [0.4, 0.5) is 10.1 Å². The highest BCUT2D eigenvalue weighted by atomic mass is 79.9. The van der Waals surface area contributed by atoms with Gasteiger partial charge in [-0.05, 0) is 55.0 Å². The van der Waals surface area contributed by atoms with Crippen LogP contribution < -0.4 is 5.32 Å². The summed E-state index contributed by atoms with van der Waals surface area (Å²) >= 11 is 4.80. The quantitative estimate of drug-likeness (QED) is 0.465. The number of carbonyl (C=O) groups is 1. The van der Waals surface area contributed by atoms with Gasteiger partial charge in [-0.2, -0.15) is 0 Å². The van der Waals surface area contributed by atoms with Gasteiger partial charge in [0.2, 0.25) is 0 Å². The van der Waals surface area contributed by atoms with Crippen LogP contribution >= 0.6 is 27.3 Å². The van der Waals surface area contributed by atoms with Crippen molar-refractivity contribution in [3.63, 3.8) is 0 Å². The first-order valence-electron chi connectivity index (χ1n) is 7.81. The normalized spacial score (nSPS) is 11.0. The van der Waals surface area contributed by atoms with E-state index in [1.54, 1.807) is 28.1 Å². The minimum atomic E-state index is -0.292. The molecule has 0 radical (unpaired) electrons. The Morgan fingerprint density at radius 1 is 1.23 bits per heavy atom. The fourth-order valence-electron chi connectivity index (χ4n) is 2.66. The van der Waals surface area contributed by atoms with E-state index in [4.69, 9.17) is 0 Å². The molecule has 0 aliphatic rings. The summed E-state index contributed by atoms with van der Waals surface area (Å²) in [6, 6.07) is 11.8. The molecule has 2 aromatic heterocycles. The van der Waals surface area contributed by atoms with Crippen molar-refractivity contribution < 1.29 is 9.18 Å². The molecule has 4 rings (SSSR count). The van der Waals surface area contributed by atoms with Gasteiger partial charge in [0.25, 0.3) is 5.91 Å². The van der Waals surface area contributed by atoms with E-state index in [9.17, 15) is 9.18 Å². The van der Waals surface area contributed by atoms with Gasteiger partial charge in [0.05, 0.1) is 5.69 Å². The molecule has 0 bridgehead atoms. The van der Waals surface area contributed by atoms with Crippen molar-refractivity contribution in [3.8, 4) is 11.3 Å². The Hall–Kier alpha value is -2.51. The predicted octanol–water partition coefficient (Wildman–Crippen LogP) is 5.53. The summed E-state index contributed by atoms with van der Waals surface area (Å²) in [5.41, 5.74) is 3.74. The highest BCUT2D eigenvalue weighted by Gasteiger charge is 2.16. The second-order valence-corrected chi connectivity index (χ2v) is 7.57. The average molecular weight is 430 g/mol. The number of thiazole rings is 1. The van der Waals surface area contributed by atoms with Crippen LogP contribution in [0, 0.1) is 12.7 Å². The topological polar surface area (TPSA) is 46.4 Å². The summed E-state index contributed by atoms with van der Waals surface area (Å²) in [5, 5.41) is 4.72. The molecule has 0 saturated heterocycles. The third kappa shape index (κ3) is 3.15. The number of hydrogen-bond donors (Lipinski definition) is 1. The molecule has 2 heterocycles. The number of aryl methyl sites for hydroxylation is 1. The number of hydrogen-bond acceptors (Lipinski definition) is 3. The van der Waals surface area contributed by atoms with Crippen molar-refractivity contribution >= 4 is 43.8 Å². The standard InChI is InChI=1S/C19H13BrFN3OS/c1-11-8-13(20)4-7-15(11)22-18(25)17-10-26-19-23-16(9-24(17)19)12-2-5-14(21)6-3-12/h2-10H,1H3,(H,22,25). The lowest BCUT2D eigenvalue weighted by molar-refractivity contribution is 0.102. The molecule has 0 atom stereocenters. The molecule has 1 amide bonds. The molecule has 0 spiro atoms. The summed E-state index contributed by atoms with van der Waals surface area (Å²) in [6.07, 6.45) is 1.79. The first-order valence-corrected chi connectivity index (χ1v) is 9.48. The Balaban J connectivity index is 1.66. The first-order chi connectivity index (χ1) is 12.5. The fourth-order valence-corrected chi connectivity index (χ4v) is 3.99. The second-order valence-electron chi connectivity index (χ2n) is 5.82. The fraction of sp³-hybridized carbons (Fsp3) is 0.0526. The van der Waals surface area contributed by atoms with Crippen LogP contribution in [0.15, 0.2) is 58.5 Å². The Labute approximate surface area is 161 Å². The zero-order chi connectivity index (χ0) is 18.3. The van der Waals surface area contributed by atoms with Gasteiger partial charge in [0.15, 0.2) is 4.96 Å². The van der Waals surface area contributed by atoms with Crippen LogP contribution in [0.25, 0.3) is 16.2 Å². The number of aromatic nitrogens is 2. The highest BCUT2D eigenvalue weighted by molar-refractivity contribution is 9.10. The summed E-state index contributed by atoms with van der Waals surface area (Å²) < 4.78 is 15.8. The molecule has 0 aliphatic carbocycles. The van der Waals surface area contributed by atoms with Crippen LogP contribution in [0.3, 0.4) is 0 Å². The molecule has 4 aromatic rings. The third-order valence-electron chi connectivity index (χ3n) is 4.02. The number of nitrogens with one attached hydrogen (secondary N) is 1. The second kappa shape index (κ2) is 6.66. The van der Waals surface area contributed by atoms with Gasteiger partial charge < -0.3 is 5.32 Å². The van der Waals surface area contributed by atoms with Gasteiger partial charge >= 0.3 is 0 Å². The molecule has 0 saturated carbocycles. The molecule has 1 N–H and O–H groups in total. The lowest BCUT2D eigenvalue weighted by atomic mass is 10.2. The summed E-state index contributed by atoms with van der Waals surface area (Å²) in [6.45, 7) is 1.94. The number of carbonyl (C=O) groups excluding carboxylic acids is 1. The van der Waals surface area contributed by atoms with Gasteiger partial charge in [-0.15, -0.1) is 11.3 Å². The largest absolute Gasteiger partial charge is 0.320 e. The van der Waals surface area contributed by atoms with Crippen molar-refractivity contribution in [3.05, 3.63) is 75.6 Å². The predicted molar refractivity (Wildman–Crippen MR) is 105 cm³/mol. The molecule has 0 fully saturated rings. The maximum Gasteiger partial charge on any atom is 0.273 e. The lowest BCUT2D eigenvalue weighted by Gasteiger charge is -2.08. The van der Waals surface area contributed by atoms with E-state index in [0.29, 0.717) is 16.3 Å². The molecule has 7 heteroatoms. The number of fused-ring (bicyclic) bond motifs is 1. The van der Waals surface area contributed by atoms with Gasteiger partial charge in [0.1, 0.15) is 11.5 Å². The molecular weight excluding hydrogens is 417 g/mol. The zero-order valence-electron chi connectivity index (χ0n) is 13.7. The van der Waals surface area contributed by atoms with Crippen molar-refractivity contribution in [1.29, 1.82) is 0 Å². The van der Waals surface area contributed by atoms with Crippen molar-refractivity contribution in [1.82, 2.24) is 9.38 Å². The number of imidazole rings is 1. The van der Waals surface area contributed by atoms with Crippen LogP contribution in [0.5, 0.6) is 0 Å². The average Bonchev–Trinajstić information content (AvgIpc) is 3.18. The van der Waals surface area contributed by atoms with E-state index in [2.05, 4.69) is 26.2 Å². The molecule has 4 nitrogen and oxygen atoms in total.